The monoisotopic (exact) mass is 305 g/mol. The summed E-state index contributed by atoms with van der Waals surface area (Å²) in [5, 5.41) is 0. The molecule has 1 saturated carbocycles. The molecule has 0 unspecified atom stereocenters. The van der Waals surface area contributed by atoms with Gasteiger partial charge in [0.05, 0.1) is 11.4 Å². The van der Waals surface area contributed by atoms with Crippen molar-refractivity contribution in [3.05, 3.63) is 0 Å². The molecule has 0 aromatic heterocycles. The Morgan fingerprint density at radius 3 is 2.25 bits per heavy atom. The topological polar surface area (TPSA) is 63.7 Å². The lowest BCUT2D eigenvalue weighted by Gasteiger charge is -2.61. The first kappa shape index (κ1) is 17.4. The first-order valence-electron chi connectivity index (χ1n) is 6.85. The second-order valence-electron chi connectivity index (χ2n) is 6.82. The minimum absolute atomic E-state index is 0.0713. The smallest absolute Gasteiger partial charge is 0.226 e. The van der Waals surface area contributed by atoms with Gasteiger partial charge in [-0.2, -0.15) is 0 Å². The second-order valence-corrected chi connectivity index (χ2v) is 9.00. The molecule has 20 heavy (non-hydrogen) atoms. The fourth-order valence-electron chi connectivity index (χ4n) is 3.10. The van der Waals surface area contributed by atoms with Gasteiger partial charge in [0.1, 0.15) is 9.84 Å². The Hall–Kier alpha value is -0.620. The van der Waals surface area contributed by atoms with E-state index in [1.807, 2.05) is 6.92 Å². The summed E-state index contributed by atoms with van der Waals surface area (Å²) in [5.41, 5.74) is -0.400. The molecule has 1 aliphatic carbocycles. The SMILES string of the molecule is CO[C@]1(C)C[C@@H](N(C)C(=O)[C@H](C)CS(C)(=O)=O)C1(C)C. The summed E-state index contributed by atoms with van der Waals surface area (Å²) in [4.78, 5) is 14.1. The molecule has 118 valence electrons. The van der Waals surface area contributed by atoms with Crippen LogP contribution < -0.4 is 0 Å². The van der Waals surface area contributed by atoms with Gasteiger partial charge in [0.25, 0.3) is 0 Å². The number of carbonyl (C=O) groups excluding carboxylic acids is 1. The van der Waals surface area contributed by atoms with Crippen LogP contribution in [0.1, 0.15) is 34.1 Å². The lowest BCUT2D eigenvalue weighted by Crippen LogP contribution is -2.69. The third kappa shape index (κ3) is 3.01. The summed E-state index contributed by atoms with van der Waals surface area (Å²) < 4.78 is 28.2. The van der Waals surface area contributed by atoms with Crippen LogP contribution in [0.15, 0.2) is 0 Å². The molecule has 0 N–H and O–H groups in total. The van der Waals surface area contributed by atoms with Crippen molar-refractivity contribution in [2.24, 2.45) is 11.3 Å². The van der Waals surface area contributed by atoms with Gasteiger partial charge >= 0.3 is 0 Å². The van der Waals surface area contributed by atoms with Gasteiger partial charge in [-0.3, -0.25) is 4.79 Å². The van der Waals surface area contributed by atoms with Crippen molar-refractivity contribution in [1.29, 1.82) is 0 Å². The molecule has 3 atom stereocenters. The molecule has 1 aliphatic rings. The van der Waals surface area contributed by atoms with E-state index in [4.69, 9.17) is 4.74 Å². The fraction of sp³-hybridized carbons (Fsp3) is 0.929. The van der Waals surface area contributed by atoms with E-state index in [1.54, 1.807) is 26.0 Å². The summed E-state index contributed by atoms with van der Waals surface area (Å²) in [7, 11) is 0.295. The van der Waals surface area contributed by atoms with E-state index in [-0.39, 0.29) is 28.7 Å². The lowest BCUT2D eigenvalue weighted by molar-refractivity contribution is -0.208. The van der Waals surface area contributed by atoms with Gasteiger partial charge in [0, 0.05) is 37.8 Å². The van der Waals surface area contributed by atoms with E-state index >= 15 is 0 Å². The maximum atomic E-state index is 12.4. The van der Waals surface area contributed by atoms with E-state index in [0.29, 0.717) is 0 Å². The van der Waals surface area contributed by atoms with Crippen LogP contribution in [-0.4, -0.2) is 57.0 Å². The zero-order valence-electron chi connectivity index (χ0n) is 13.6. The van der Waals surface area contributed by atoms with Gasteiger partial charge in [-0.15, -0.1) is 0 Å². The van der Waals surface area contributed by atoms with Gasteiger partial charge in [0.2, 0.25) is 5.91 Å². The number of sulfone groups is 1. The average Bonchev–Trinajstić information content (AvgIpc) is 2.31. The molecule has 1 rings (SSSR count). The number of hydrogen-bond donors (Lipinski definition) is 0. The van der Waals surface area contributed by atoms with Gasteiger partial charge < -0.3 is 9.64 Å². The summed E-state index contributed by atoms with van der Waals surface area (Å²) in [5.74, 6) is -0.739. The summed E-state index contributed by atoms with van der Waals surface area (Å²) in [6.07, 6.45) is 1.93. The molecule has 1 amide bonds. The minimum atomic E-state index is -3.14. The Morgan fingerprint density at radius 1 is 1.40 bits per heavy atom. The normalized spacial score (nSPS) is 30.4. The van der Waals surface area contributed by atoms with E-state index in [2.05, 4.69) is 13.8 Å². The maximum Gasteiger partial charge on any atom is 0.226 e. The quantitative estimate of drug-likeness (QED) is 0.768. The average molecular weight is 305 g/mol. The lowest BCUT2D eigenvalue weighted by atomic mass is 9.55. The number of hydrogen-bond acceptors (Lipinski definition) is 4. The van der Waals surface area contributed by atoms with Crippen LogP contribution in [0, 0.1) is 11.3 Å². The third-order valence-corrected chi connectivity index (χ3v) is 6.12. The van der Waals surface area contributed by atoms with Crippen molar-refractivity contribution in [2.75, 3.05) is 26.2 Å². The Balaban J connectivity index is 2.78. The van der Waals surface area contributed by atoms with E-state index in [9.17, 15) is 13.2 Å². The number of rotatable bonds is 5. The predicted molar refractivity (Wildman–Crippen MR) is 79.2 cm³/mol. The Kier molecular flexibility index (Phi) is 4.62. The second kappa shape index (κ2) is 5.30. The van der Waals surface area contributed by atoms with Crippen LogP contribution in [-0.2, 0) is 19.4 Å². The Labute approximate surface area is 122 Å². The highest BCUT2D eigenvalue weighted by Crippen LogP contribution is 2.53. The number of ether oxygens (including phenoxy) is 1. The van der Waals surface area contributed by atoms with Crippen LogP contribution in [0.4, 0.5) is 0 Å². The molecule has 0 aromatic carbocycles. The highest BCUT2D eigenvalue weighted by atomic mass is 32.2. The van der Waals surface area contributed by atoms with Crippen LogP contribution in [0.2, 0.25) is 0 Å². The minimum Gasteiger partial charge on any atom is -0.378 e. The Morgan fingerprint density at radius 2 is 1.90 bits per heavy atom. The molecule has 1 fully saturated rings. The fourth-order valence-corrected chi connectivity index (χ4v) is 4.15. The van der Waals surface area contributed by atoms with Crippen molar-refractivity contribution in [3.63, 3.8) is 0 Å². The van der Waals surface area contributed by atoms with Crippen LogP contribution in [0.5, 0.6) is 0 Å². The first-order valence-corrected chi connectivity index (χ1v) is 8.91. The summed E-state index contributed by atoms with van der Waals surface area (Å²) in [6.45, 7) is 7.87. The summed E-state index contributed by atoms with van der Waals surface area (Å²) in [6, 6.07) is 0.0713. The Bertz CT molecular complexity index is 485. The van der Waals surface area contributed by atoms with Crippen molar-refractivity contribution in [2.45, 2.75) is 45.8 Å². The number of amides is 1. The van der Waals surface area contributed by atoms with Gasteiger partial charge in [-0.25, -0.2) is 8.42 Å². The molecule has 0 aliphatic heterocycles. The molecule has 0 saturated heterocycles. The van der Waals surface area contributed by atoms with Crippen molar-refractivity contribution in [1.82, 2.24) is 4.90 Å². The van der Waals surface area contributed by atoms with Crippen molar-refractivity contribution < 1.29 is 17.9 Å². The van der Waals surface area contributed by atoms with E-state index < -0.39 is 15.8 Å². The van der Waals surface area contributed by atoms with E-state index in [0.717, 1.165) is 12.7 Å². The zero-order valence-corrected chi connectivity index (χ0v) is 14.4. The molecule has 0 radical (unpaired) electrons. The largest absolute Gasteiger partial charge is 0.378 e. The molecule has 0 heterocycles. The van der Waals surface area contributed by atoms with E-state index in [1.165, 1.54) is 0 Å². The zero-order chi connectivity index (χ0) is 15.9. The number of carbonyl (C=O) groups is 1. The molecule has 0 bridgehead atoms. The van der Waals surface area contributed by atoms with Crippen LogP contribution >= 0.6 is 0 Å². The summed E-state index contributed by atoms with van der Waals surface area (Å²) >= 11 is 0. The molecular formula is C14H27NO4S. The van der Waals surface area contributed by atoms with Crippen molar-refractivity contribution in [3.8, 4) is 0 Å². The van der Waals surface area contributed by atoms with Gasteiger partial charge in [0.15, 0.2) is 0 Å². The molecular weight excluding hydrogens is 278 g/mol. The molecule has 0 spiro atoms. The van der Waals surface area contributed by atoms with Gasteiger partial charge in [-0.1, -0.05) is 20.8 Å². The molecule has 6 heteroatoms. The van der Waals surface area contributed by atoms with Crippen molar-refractivity contribution >= 4 is 15.7 Å². The first-order chi connectivity index (χ1) is 8.85. The number of methoxy groups -OCH3 is 1. The van der Waals surface area contributed by atoms with Crippen LogP contribution in [0.25, 0.3) is 0 Å². The predicted octanol–water partition coefficient (Wildman–Crippen LogP) is 1.33. The third-order valence-electron chi connectivity index (χ3n) is 5.02. The standard InChI is InChI=1S/C14H27NO4S/c1-10(9-20(7,17)18)12(16)15(5)11-8-14(4,19-6)13(11,2)3/h10-11H,8-9H2,1-7H3/t10-,11-,14-/m1/s1. The highest BCUT2D eigenvalue weighted by molar-refractivity contribution is 7.90. The molecule has 5 nitrogen and oxygen atoms in total. The number of nitrogens with zero attached hydrogens (tertiary/aromatic N) is 1. The van der Waals surface area contributed by atoms with Gasteiger partial charge in [-0.05, 0) is 13.3 Å². The highest BCUT2D eigenvalue weighted by Gasteiger charge is 2.59. The van der Waals surface area contributed by atoms with Crippen LogP contribution in [0.3, 0.4) is 0 Å². The maximum absolute atomic E-state index is 12.4. The molecule has 0 aromatic rings.